The molecule has 2 saturated heterocycles. The normalized spacial score (nSPS) is 24.3. The minimum absolute atomic E-state index is 0.0634. The van der Waals surface area contributed by atoms with Crippen molar-refractivity contribution >= 4 is 5.97 Å². The number of hydrogen-bond acceptors (Lipinski definition) is 14. The molecule has 0 spiro atoms. The molecule has 14 heteroatoms. The minimum Gasteiger partial charge on any atom is -0.457 e. The van der Waals surface area contributed by atoms with Crippen LogP contribution in [0.3, 0.4) is 0 Å². The standard InChI is InChI=1S/C65H118O14/c1-3-5-7-9-11-13-15-17-19-21-23-24-25-26-27-28-29-31-33-35-37-39-41-43-45-47-49-74-51-54(77-57(67)48-46-44-42-40-38-36-34-32-30-22-20-18-16-14-12-10-8-6-4-2)52-75-64-63(73)61(71)59(69)56(79-64)53-76-65-62(72)60(70)58(68)55(50-66)78-65/h5,7,11,13,17,19,23-24,54-56,58-66,68-73H,3-4,6,8-10,12,14-16,18,20-22,25-53H2,1-2H3/b7-5-,13-11-,19-17-,24-23-. The lowest BCUT2D eigenvalue weighted by Crippen LogP contribution is -2.61. The molecule has 7 N–H and O–H groups in total. The van der Waals surface area contributed by atoms with Gasteiger partial charge in [-0.05, 0) is 51.4 Å². The first-order chi connectivity index (χ1) is 38.6. The Kier molecular flexibility index (Phi) is 47.7. The second-order valence-electron chi connectivity index (χ2n) is 22.6. The monoisotopic (exact) mass is 1120 g/mol. The number of unbranched alkanes of at least 4 members (excludes halogenated alkanes) is 31. The van der Waals surface area contributed by atoms with Crippen LogP contribution in [0.4, 0.5) is 0 Å². The van der Waals surface area contributed by atoms with Crippen molar-refractivity contribution in [3.63, 3.8) is 0 Å². The zero-order chi connectivity index (χ0) is 57.2. The van der Waals surface area contributed by atoms with Gasteiger partial charge in [0.1, 0.15) is 54.9 Å². The molecule has 0 amide bonds. The van der Waals surface area contributed by atoms with E-state index in [1.165, 1.54) is 167 Å². The fourth-order valence-electron chi connectivity index (χ4n) is 10.2. The van der Waals surface area contributed by atoms with Gasteiger partial charge in [-0.1, -0.05) is 249 Å². The Morgan fingerprint density at radius 2 is 0.823 bits per heavy atom. The average molecular weight is 1120 g/mol. The summed E-state index contributed by atoms with van der Waals surface area (Å²) in [4.78, 5) is 13.1. The molecule has 0 aromatic rings. The van der Waals surface area contributed by atoms with Crippen LogP contribution in [0.1, 0.15) is 258 Å². The SMILES string of the molecule is CC/C=C\C/C=C\C/C=C\C/C=C\CCCCCCCCCCCCCCCOCC(COC1OC(COC2OC(CO)C(O)C(O)C2O)C(O)C(O)C1O)OC(=O)CCCCCCCCCCCCCCCCCCCCC. The lowest BCUT2D eigenvalue weighted by Gasteiger charge is -2.42. The molecule has 11 unspecified atom stereocenters. The molecule has 14 nitrogen and oxygen atoms in total. The van der Waals surface area contributed by atoms with Crippen LogP contribution in [0.2, 0.25) is 0 Å². The highest BCUT2D eigenvalue weighted by Crippen LogP contribution is 2.27. The fourth-order valence-corrected chi connectivity index (χ4v) is 10.2. The van der Waals surface area contributed by atoms with E-state index in [1.54, 1.807) is 0 Å². The number of carbonyl (C=O) groups is 1. The van der Waals surface area contributed by atoms with E-state index in [1.807, 2.05) is 0 Å². The number of hydrogen-bond donors (Lipinski definition) is 7. The van der Waals surface area contributed by atoms with Crippen LogP contribution in [-0.4, -0.2) is 142 Å². The number of rotatable bonds is 53. The van der Waals surface area contributed by atoms with Crippen LogP contribution in [0.15, 0.2) is 48.6 Å². The van der Waals surface area contributed by atoms with Gasteiger partial charge in [0.2, 0.25) is 0 Å². The van der Waals surface area contributed by atoms with Gasteiger partial charge in [0, 0.05) is 13.0 Å². The first kappa shape index (κ1) is 73.1. The van der Waals surface area contributed by atoms with Gasteiger partial charge >= 0.3 is 5.97 Å². The van der Waals surface area contributed by atoms with Gasteiger partial charge in [0.25, 0.3) is 0 Å². The van der Waals surface area contributed by atoms with Crippen molar-refractivity contribution in [2.24, 2.45) is 0 Å². The molecular weight excluding hydrogens is 1000 g/mol. The molecular formula is C65H118O14. The molecule has 2 heterocycles. The van der Waals surface area contributed by atoms with Crippen molar-refractivity contribution in [3.05, 3.63) is 48.6 Å². The second-order valence-corrected chi connectivity index (χ2v) is 22.6. The third kappa shape index (κ3) is 37.7. The van der Waals surface area contributed by atoms with Crippen molar-refractivity contribution in [1.29, 1.82) is 0 Å². The van der Waals surface area contributed by atoms with E-state index in [0.29, 0.717) is 13.0 Å². The molecule has 2 aliphatic rings. The molecule has 2 fully saturated rings. The van der Waals surface area contributed by atoms with Gasteiger partial charge in [-0.3, -0.25) is 4.79 Å². The number of esters is 1. The highest BCUT2D eigenvalue weighted by Gasteiger charge is 2.47. The Balaban J connectivity index is 1.66. The van der Waals surface area contributed by atoms with Crippen molar-refractivity contribution in [2.75, 3.05) is 33.0 Å². The van der Waals surface area contributed by atoms with Crippen molar-refractivity contribution in [3.8, 4) is 0 Å². The van der Waals surface area contributed by atoms with E-state index in [2.05, 4.69) is 62.5 Å². The predicted molar refractivity (Wildman–Crippen MR) is 316 cm³/mol. The number of ether oxygens (including phenoxy) is 6. The van der Waals surface area contributed by atoms with E-state index >= 15 is 0 Å². The Morgan fingerprint density at radius 1 is 0.430 bits per heavy atom. The first-order valence-corrected chi connectivity index (χ1v) is 32.2. The van der Waals surface area contributed by atoms with Crippen molar-refractivity contribution < 1.29 is 69.0 Å². The molecule has 0 aromatic carbocycles. The van der Waals surface area contributed by atoms with Crippen LogP contribution in [0.25, 0.3) is 0 Å². The summed E-state index contributed by atoms with van der Waals surface area (Å²) in [7, 11) is 0. The van der Waals surface area contributed by atoms with Gasteiger partial charge in [0.15, 0.2) is 12.6 Å². The third-order valence-corrected chi connectivity index (χ3v) is 15.4. The smallest absolute Gasteiger partial charge is 0.306 e. The van der Waals surface area contributed by atoms with Crippen LogP contribution in [0, 0.1) is 0 Å². The highest BCUT2D eigenvalue weighted by molar-refractivity contribution is 5.69. The molecule has 0 radical (unpaired) electrons. The lowest BCUT2D eigenvalue weighted by molar-refractivity contribution is -0.332. The molecule has 0 bridgehead atoms. The quantitative estimate of drug-likeness (QED) is 0.0172. The fraction of sp³-hybridized carbons (Fsp3) is 0.862. The van der Waals surface area contributed by atoms with Gasteiger partial charge in [-0.15, -0.1) is 0 Å². The van der Waals surface area contributed by atoms with Gasteiger partial charge < -0.3 is 64.2 Å². The molecule has 79 heavy (non-hydrogen) atoms. The minimum atomic E-state index is -1.71. The molecule has 2 rings (SSSR count). The summed E-state index contributed by atoms with van der Waals surface area (Å²) in [6.45, 7) is 3.63. The van der Waals surface area contributed by atoms with Gasteiger partial charge in [-0.25, -0.2) is 0 Å². The summed E-state index contributed by atoms with van der Waals surface area (Å²) >= 11 is 0. The molecule has 0 aromatic heterocycles. The Morgan fingerprint density at radius 3 is 1.29 bits per heavy atom. The van der Waals surface area contributed by atoms with Crippen molar-refractivity contribution in [2.45, 2.75) is 325 Å². The van der Waals surface area contributed by atoms with Crippen molar-refractivity contribution in [1.82, 2.24) is 0 Å². The Bertz CT molecular complexity index is 1490. The summed E-state index contributed by atoms with van der Waals surface area (Å²) in [5.74, 6) is -0.371. The maximum Gasteiger partial charge on any atom is 0.306 e. The maximum absolute atomic E-state index is 13.1. The van der Waals surface area contributed by atoms with E-state index in [0.717, 1.165) is 64.2 Å². The number of aliphatic hydroxyl groups excluding tert-OH is 7. The predicted octanol–water partition coefficient (Wildman–Crippen LogP) is 12.6. The summed E-state index contributed by atoms with van der Waals surface area (Å²) in [6.07, 6.45) is 47.5. The summed E-state index contributed by atoms with van der Waals surface area (Å²) < 4.78 is 34.5. The van der Waals surface area contributed by atoms with Crippen LogP contribution in [0.5, 0.6) is 0 Å². The number of allylic oxidation sites excluding steroid dienone is 8. The lowest BCUT2D eigenvalue weighted by atomic mass is 9.98. The first-order valence-electron chi connectivity index (χ1n) is 32.2. The molecule has 2 aliphatic heterocycles. The van der Waals surface area contributed by atoms with Crippen LogP contribution in [-0.2, 0) is 33.2 Å². The largest absolute Gasteiger partial charge is 0.457 e. The van der Waals surface area contributed by atoms with E-state index in [4.69, 9.17) is 28.4 Å². The summed E-state index contributed by atoms with van der Waals surface area (Å²) in [5.41, 5.74) is 0. The zero-order valence-corrected chi connectivity index (χ0v) is 49.9. The number of carbonyl (C=O) groups excluding carboxylic acids is 1. The Hall–Kier alpha value is -2.05. The maximum atomic E-state index is 13.1. The second kappa shape index (κ2) is 51.6. The van der Waals surface area contributed by atoms with E-state index < -0.39 is 80.7 Å². The van der Waals surface area contributed by atoms with Crippen LogP contribution >= 0.6 is 0 Å². The summed E-state index contributed by atoms with van der Waals surface area (Å²) in [5, 5.41) is 72.5. The molecule has 462 valence electrons. The zero-order valence-electron chi connectivity index (χ0n) is 49.9. The van der Waals surface area contributed by atoms with E-state index in [9.17, 15) is 40.5 Å². The molecule has 0 saturated carbocycles. The Labute approximate surface area is 480 Å². The van der Waals surface area contributed by atoms with Gasteiger partial charge in [-0.2, -0.15) is 0 Å². The molecule has 0 aliphatic carbocycles. The topological polar surface area (TPSA) is 214 Å². The average Bonchev–Trinajstić information content (AvgIpc) is 3.46. The summed E-state index contributed by atoms with van der Waals surface area (Å²) in [6, 6.07) is 0. The van der Waals surface area contributed by atoms with Crippen LogP contribution < -0.4 is 0 Å². The van der Waals surface area contributed by atoms with Gasteiger partial charge in [0.05, 0.1) is 26.4 Å². The molecule has 11 atom stereocenters. The highest BCUT2D eigenvalue weighted by atomic mass is 16.7. The van der Waals surface area contributed by atoms with E-state index in [-0.39, 0.29) is 25.6 Å². The number of aliphatic hydroxyl groups is 7. The third-order valence-electron chi connectivity index (χ3n) is 15.4.